The van der Waals surface area contributed by atoms with Gasteiger partial charge in [0.1, 0.15) is 12.4 Å². The van der Waals surface area contributed by atoms with Crippen LogP contribution in [0.5, 0.6) is 5.75 Å². The molecule has 158 valence electrons. The number of ether oxygens (including phenoxy) is 1. The standard InChI is InChI=1S/C22H31N3O4/c1-16(2)25(13-14-29-20-10-8-18(9-11-20)17(3)26)12-6-7-19-15-21(27)24(5)22(28)23(19)4/h8-11,15-16H,6-7,12-14H2,1-5H3. The summed E-state index contributed by atoms with van der Waals surface area (Å²) in [6.45, 7) is 7.96. The third-order valence-electron chi connectivity index (χ3n) is 5.14. The van der Waals surface area contributed by atoms with Crippen molar-refractivity contribution >= 4 is 5.78 Å². The first-order valence-corrected chi connectivity index (χ1v) is 9.94. The third-order valence-corrected chi connectivity index (χ3v) is 5.14. The molecule has 1 heterocycles. The number of hydrogen-bond donors (Lipinski definition) is 0. The van der Waals surface area contributed by atoms with Gasteiger partial charge in [0.25, 0.3) is 5.56 Å². The minimum Gasteiger partial charge on any atom is -0.492 e. The van der Waals surface area contributed by atoms with E-state index in [1.54, 1.807) is 26.1 Å². The molecule has 0 fully saturated rings. The second-order valence-electron chi connectivity index (χ2n) is 7.54. The van der Waals surface area contributed by atoms with E-state index < -0.39 is 0 Å². The van der Waals surface area contributed by atoms with Gasteiger partial charge in [0, 0.05) is 44.0 Å². The molecule has 0 saturated carbocycles. The van der Waals surface area contributed by atoms with E-state index in [0.717, 1.165) is 35.5 Å². The first-order chi connectivity index (χ1) is 13.7. The quantitative estimate of drug-likeness (QED) is 0.570. The highest BCUT2D eigenvalue weighted by Crippen LogP contribution is 2.13. The Morgan fingerprint density at radius 2 is 1.72 bits per heavy atom. The molecule has 7 heteroatoms. The van der Waals surface area contributed by atoms with E-state index in [4.69, 9.17) is 4.74 Å². The fraction of sp³-hybridized carbons (Fsp3) is 0.500. The Balaban J connectivity index is 1.87. The normalized spacial score (nSPS) is 11.3. The molecule has 1 aromatic heterocycles. The average molecular weight is 402 g/mol. The lowest BCUT2D eigenvalue weighted by Gasteiger charge is -2.26. The minimum absolute atomic E-state index is 0.0382. The monoisotopic (exact) mass is 401 g/mol. The predicted octanol–water partition coefficient (Wildman–Crippen LogP) is 2.01. The molecule has 0 amide bonds. The van der Waals surface area contributed by atoms with Crippen LogP contribution in [0, 0.1) is 0 Å². The highest BCUT2D eigenvalue weighted by Gasteiger charge is 2.11. The Kier molecular flexibility index (Phi) is 7.96. The second kappa shape index (κ2) is 10.2. The molecule has 1 aromatic carbocycles. The molecule has 0 unspecified atom stereocenters. The molecule has 7 nitrogen and oxygen atoms in total. The van der Waals surface area contributed by atoms with Crippen LogP contribution in [0.25, 0.3) is 0 Å². The van der Waals surface area contributed by atoms with Crippen LogP contribution in [0.2, 0.25) is 0 Å². The fourth-order valence-corrected chi connectivity index (χ4v) is 3.18. The van der Waals surface area contributed by atoms with Gasteiger partial charge in [0.2, 0.25) is 0 Å². The molecule has 2 rings (SSSR count). The summed E-state index contributed by atoms with van der Waals surface area (Å²) in [6.07, 6.45) is 1.50. The first-order valence-electron chi connectivity index (χ1n) is 9.94. The Morgan fingerprint density at radius 3 is 2.31 bits per heavy atom. The number of nitrogens with zero attached hydrogens (tertiary/aromatic N) is 3. The number of hydrogen-bond acceptors (Lipinski definition) is 5. The number of Topliss-reactive ketones (excluding diaryl/α,β-unsaturated/α-hetero) is 1. The van der Waals surface area contributed by atoms with Crippen molar-refractivity contribution < 1.29 is 9.53 Å². The summed E-state index contributed by atoms with van der Waals surface area (Å²) in [5.74, 6) is 0.783. The molecule has 0 aliphatic rings. The lowest BCUT2D eigenvalue weighted by molar-refractivity contribution is 0.101. The van der Waals surface area contributed by atoms with Gasteiger partial charge in [-0.05, 0) is 64.4 Å². The summed E-state index contributed by atoms with van der Waals surface area (Å²) in [4.78, 5) is 37.5. The van der Waals surface area contributed by atoms with Crippen LogP contribution in [-0.4, -0.2) is 45.6 Å². The van der Waals surface area contributed by atoms with E-state index in [-0.39, 0.29) is 17.0 Å². The summed E-state index contributed by atoms with van der Waals surface area (Å²) in [7, 11) is 3.19. The number of benzene rings is 1. The molecule has 0 N–H and O–H groups in total. The number of carbonyl (C=O) groups excluding carboxylic acids is 1. The lowest BCUT2D eigenvalue weighted by atomic mass is 10.1. The highest BCUT2D eigenvalue weighted by molar-refractivity contribution is 5.94. The topological polar surface area (TPSA) is 73.5 Å². The van der Waals surface area contributed by atoms with Crippen LogP contribution in [0.15, 0.2) is 39.9 Å². The third kappa shape index (κ3) is 6.15. The van der Waals surface area contributed by atoms with Crippen LogP contribution >= 0.6 is 0 Å². The summed E-state index contributed by atoms with van der Waals surface area (Å²) in [5, 5.41) is 0. The van der Waals surface area contributed by atoms with Gasteiger partial charge in [-0.3, -0.25) is 19.1 Å². The average Bonchev–Trinajstić information content (AvgIpc) is 2.69. The minimum atomic E-state index is -0.294. The zero-order valence-corrected chi connectivity index (χ0v) is 18.0. The Labute approximate surface area is 171 Å². The summed E-state index contributed by atoms with van der Waals surface area (Å²) in [6, 6.07) is 9.05. The predicted molar refractivity (Wildman–Crippen MR) is 114 cm³/mol. The van der Waals surface area contributed by atoms with Crippen molar-refractivity contribution in [2.75, 3.05) is 19.7 Å². The Hall–Kier alpha value is -2.67. The van der Waals surface area contributed by atoms with Crippen molar-refractivity contribution in [2.24, 2.45) is 14.1 Å². The van der Waals surface area contributed by atoms with E-state index in [0.29, 0.717) is 24.6 Å². The van der Waals surface area contributed by atoms with Crippen molar-refractivity contribution in [3.05, 3.63) is 62.4 Å². The fourth-order valence-electron chi connectivity index (χ4n) is 3.18. The molecule has 29 heavy (non-hydrogen) atoms. The molecular weight excluding hydrogens is 370 g/mol. The van der Waals surface area contributed by atoms with Gasteiger partial charge in [-0.1, -0.05) is 0 Å². The van der Waals surface area contributed by atoms with Gasteiger partial charge in [0.05, 0.1) is 0 Å². The summed E-state index contributed by atoms with van der Waals surface area (Å²) < 4.78 is 8.46. The zero-order chi connectivity index (χ0) is 21.6. The maximum atomic E-state index is 12.0. The maximum Gasteiger partial charge on any atom is 0.330 e. The summed E-state index contributed by atoms with van der Waals surface area (Å²) >= 11 is 0. The van der Waals surface area contributed by atoms with Gasteiger partial charge < -0.3 is 9.30 Å². The molecule has 0 bridgehead atoms. The Morgan fingerprint density at radius 1 is 1.07 bits per heavy atom. The van der Waals surface area contributed by atoms with Crippen molar-refractivity contribution in [1.82, 2.24) is 14.0 Å². The van der Waals surface area contributed by atoms with Gasteiger partial charge >= 0.3 is 5.69 Å². The van der Waals surface area contributed by atoms with Crippen LogP contribution in [0.1, 0.15) is 43.2 Å². The van der Waals surface area contributed by atoms with E-state index in [9.17, 15) is 14.4 Å². The Bertz CT molecular complexity index is 942. The van der Waals surface area contributed by atoms with Crippen molar-refractivity contribution in [2.45, 2.75) is 39.7 Å². The lowest BCUT2D eigenvalue weighted by Crippen LogP contribution is -2.38. The van der Waals surface area contributed by atoms with Crippen LogP contribution in [-0.2, 0) is 20.5 Å². The van der Waals surface area contributed by atoms with E-state index >= 15 is 0 Å². The second-order valence-corrected chi connectivity index (χ2v) is 7.54. The molecule has 0 saturated heterocycles. The number of ketones is 1. The van der Waals surface area contributed by atoms with Crippen molar-refractivity contribution in [1.29, 1.82) is 0 Å². The SMILES string of the molecule is CC(=O)c1ccc(OCCN(CCCc2cc(=O)n(C)c(=O)n2C)C(C)C)cc1. The molecular formula is C22H31N3O4. The van der Waals surface area contributed by atoms with Crippen LogP contribution in [0.3, 0.4) is 0 Å². The van der Waals surface area contributed by atoms with Crippen molar-refractivity contribution in [3.8, 4) is 5.75 Å². The van der Waals surface area contributed by atoms with Gasteiger partial charge in [-0.2, -0.15) is 0 Å². The molecule has 0 aliphatic heterocycles. The van der Waals surface area contributed by atoms with Crippen LogP contribution in [0.4, 0.5) is 0 Å². The zero-order valence-electron chi connectivity index (χ0n) is 18.0. The molecule has 0 radical (unpaired) electrons. The smallest absolute Gasteiger partial charge is 0.330 e. The molecule has 0 spiro atoms. The van der Waals surface area contributed by atoms with E-state index in [2.05, 4.69) is 18.7 Å². The largest absolute Gasteiger partial charge is 0.492 e. The highest BCUT2D eigenvalue weighted by atomic mass is 16.5. The van der Waals surface area contributed by atoms with E-state index in [1.807, 2.05) is 12.1 Å². The summed E-state index contributed by atoms with van der Waals surface area (Å²) in [5.41, 5.74) is 0.861. The van der Waals surface area contributed by atoms with Crippen molar-refractivity contribution in [3.63, 3.8) is 0 Å². The number of rotatable bonds is 10. The number of aromatic nitrogens is 2. The van der Waals surface area contributed by atoms with Gasteiger partial charge in [0.15, 0.2) is 5.78 Å². The first kappa shape index (κ1) is 22.6. The van der Waals surface area contributed by atoms with Gasteiger partial charge in [-0.15, -0.1) is 0 Å². The number of carbonyl (C=O) groups is 1. The van der Waals surface area contributed by atoms with Gasteiger partial charge in [-0.25, -0.2) is 4.79 Å². The molecule has 0 aliphatic carbocycles. The van der Waals surface area contributed by atoms with Crippen LogP contribution < -0.4 is 16.0 Å². The molecule has 0 atom stereocenters. The molecule has 2 aromatic rings. The maximum absolute atomic E-state index is 12.0. The van der Waals surface area contributed by atoms with E-state index in [1.165, 1.54) is 17.7 Å². The number of aryl methyl sites for hydroxylation is 1.